The summed E-state index contributed by atoms with van der Waals surface area (Å²) >= 11 is 0. The molecule has 1 amide bonds. The highest BCUT2D eigenvalue weighted by Crippen LogP contribution is 2.36. The molecule has 2 heterocycles. The number of para-hydroxylation sites is 1. The number of carboxylic acids is 1. The Bertz CT molecular complexity index is 817. The number of H-pyrrole nitrogens is 1. The van der Waals surface area contributed by atoms with Gasteiger partial charge in [-0.2, -0.15) is 0 Å². The van der Waals surface area contributed by atoms with Crippen LogP contribution in [0.25, 0.3) is 11.6 Å². The number of rotatable bonds is 4. The van der Waals surface area contributed by atoms with E-state index in [2.05, 4.69) is 4.98 Å². The average Bonchev–Trinajstić information content (AvgIpc) is 2.99. The highest BCUT2D eigenvalue weighted by Gasteiger charge is 2.29. The normalized spacial score (nSPS) is 15.3. The Morgan fingerprint density at radius 2 is 2.09 bits per heavy atom. The number of hydrogen-bond acceptors (Lipinski definition) is 2. The zero-order valence-corrected chi connectivity index (χ0v) is 13.1. The van der Waals surface area contributed by atoms with Gasteiger partial charge >= 0.3 is 5.97 Å². The maximum atomic E-state index is 12.5. The van der Waals surface area contributed by atoms with Crippen LogP contribution in [0.1, 0.15) is 28.8 Å². The van der Waals surface area contributed by atoms with Crippen molar-refractivity contribution in [1.82, 2.24) is 4.98 Å². The number of nitrogens with zero attached hydrogens (tertiary/aromatic N) is 1. The quantitative estimate of drug-likeness (QED) is 0.853. The Morgan fingerprint density at radius 3 is 2.83 bits per heavy atom. The van der Waals surface area contributed by atoms with E-state index in [1.807, 2.05) is 43.5 Å². The van der Waals surface area contributed by atoms with Crippen molar-refractivity contribution >= 4 is 29.2 Å². The standard InChI is InChI=1S/C18H18N2O3/c1-11-10-19-15(12(11)7-8-17(21)22)9-14-13-5-3-4-6-16(13)20(2)18(14)23/h3-6,9-10,19H,7-8H2,1-2H3,(H,21,22). The number of anilines is 1. The fraction of sp³-hybridized carbons (Fsp3) is 0.222. The molecule has 118 valence electrons. The van der Waals surface area contributed by atoms with Gasteiger partial charge in [0, 0.05) is 30.9 Å². The van der Waals surface area contributed by atoms with E-state index in [-0.39, 0.29) is 12.3 Å². The summed E-state index contributed by atoms with van der Waals surface area (Å²) in [5, 5.41) is 8.90. The first-order valence-electron chi connectivity index (χ1n) is 7.47. The summed E-state index contributed by atoms with van der Waals surface area (Å²) < 4.78 is 0. The minimum atomic E-state index is -0.828. The molecule has 0 aliphatic carbocycles. The van der Waals surface area contributed by atoms with E-state index in [1.165, 1.54) is 0 Å². The van der Waals surface area contributed by atoms with Crippen molar-refractivity contribution < 1.29 is 14.7 Å². The van der Waals surface area contributed by atoms with Gasteiger partial charge in [0.1, 0.15) is 0 Å². The maximum Gasteiger partial charge on any atom is 0.303 e. The molecule has 1 aromatic carbocycles. The highest BCUT2D eigenvalue weighted by molar-refractivity contribution is 6.35. The zero-order chi connectivity index (χ0) is 16.6. The van der Waals surface area contributed by atoms with Crippen LogP contribution in [-0.4, -0.2) is 29.0 Å². The van der Waals surface area contributed by atoms with Crippen molar-refractivity contribution in [2.45, 2.75) is 19.8 Å². The van der Waals surface area contributed by atoms with Gasteiger partial charge in [0.15, 0.2) is 0 Å². The smallest absolute Gasteiger partial charge is 0.303 e. The van der Waals surface area contributed by atoms with E-state index in [9.17, 15) is 9.59 Å². The van der Waals surface area contributed by atoms with Crippen molar-refractivity contribution in [2.24, 2.45) is 0 Å². The molecule has 0 spiro atoms. The van der Waals surface area contributed by atoms with Crippen molar-refractivity contribution in [1.29, 1.82) is 0 Å². The van der Waals surface area contributed by atoms with Crippen LogP contribution in [0.15, 0.2) is 30.5 Å². The highest BCUT2D eigenvalue weighted by atomic mass is 16.4. The van der Waals surface area contributed by atoms with Crippen LogP contribution in [0, 0.1) is 6.92 Å². The zero-order valence-electron chi connectivity index (χ0n) is 13.1. The number of benzene rings is 1. The summed E-state index contributed by atoms with van der Waals surface area (Å²) in [5.74, 6) is -0.881. The molecule has 0 atom stereocenters. The van der Waals surface area contributed by atoms with Gasteiger partial charge in [-0.25, -0.2) is 0 Å². The molecule has 0 radical (unpaired) electrons. The topological polar surface area (TPSA) is 73.4 Å². The molecule has 1 aromatic heterocycles. The molecule has 0 unspecified atom stereocenters. The van der Waals surface area contributed by atoms with Crippen LogP contribution in [-0.2, 0) is 16.0 Å². The van der Waals surface area contributed by atoms with Gasteiger partial charge in [0.05, 0.1) is 11.3 Å². The van der Waals surface area contributed by atoms with Crippen LogP contribution in [0.5, 0.6) is 0 Å². The predicted octanol–water partition coefficient (Wildman–Crippen LogP) is 2.86. The molecular formula is C18H18N2O3. The third kappa shape index (κ3) is 2.65. The first kappa shape index (κ1) is 15.1. The Balaban J connectivity index is 2.03. The summed E-state index contributed by atoms with van der Waals surface area (Å²) in [6.45, 7) is 1.94. The molecule has 0 bridgehead atoms. The van der Waals surface area contributed by atoms with Gasteiger partial charge in [-0.15, -0.1) is 0 Å². The molecule has 1 aliphatic heterocycles. The number of aromatic nitrogens is 1. The minimum Gasteiger partial charge on any atom is -0.481 e. The monoisotopic (exact) mass is 310 g/mol. The van der Waals surface area contributed by atoms with Gasteiger partial charge in [-0.05, 0) is 36.6 Å². The lowest BCUT2D eigenvalue weighted by molar-refractivity contribution is -0.137. The summed E-state index contributed by atoms with van der Waals surface area (Å²) in [6, 6.07) is 7.65. The van der Waals surface area contributed by atoms with E-state index in [1.54, 1.807) is 11.9 Å². The largest absolute Gasteiger partial charge is 0.481 e. The Hall–Kier alpha value is -2.82. The molecule has 5 nitrogen and oxygen atoms in total. The van der Waals surface area contributed by atoms with Crippen molar-refractivity contribution in [2.75, 3.05) is 11.9 Å². The van der Waals surface area contributed by atoms with Crippen LogP contribution >= 0.6 is 0 Å². The summed E-state index contributed by atoms with van der Waals surface area (Å²) in [7, 11) is 1.76. The van der Waals surface area contributed by atoms with Crippen molar-refractivity contribution in [3.8, 4) is 0 Å². The number of fused-ring (bicyclic) bond motifs is 1. The molecule has 0 saturated carbocycles. The van der Waals surface area contributed by atoms with Gasteiger partial charge in [0.25, 0.3) is 5.91 Å². The van der Waals surface area contributed by atoms with Crippen molar-refractivity contribution in [3.63, 3.8) is 0 Å². The summed E-state index contributed by atoms with van der Waals surface area (Å²) in [6.07, 6.45) is 4.18. The lowest BCUT2D eigenvalue weighted by Gasteiger charge is -2.08. The third-order valence-corrected chi connectivity index (χ3v) is 4.21. The molecule has 0 fully saturated rings. The number of carboxylic acid groups (broad SMARTS) is 1. The Morgan fingerprint density at radius 1 is 1.35 bits per heavy atom. The van der Waals surface area contributed by atoms with Crippen LogP contribution < -0.4 is 4.90 Å². The molecular weight excluding hydrogens is 292 g/mol. The molecule has 0 saturated heterocycles. The SMILES string of the molecule is Cc1c[nH]c(C=C2C(=O)N(C)c3ccccc32)c1CCC(=O)O. The fourth-order valence-corrected chi connectivity index (χ4v) is 2.95. The second-order valence-corrected chi connectivity index (χ2v) is 5.70. The minimum absolute atomic E-state index is 0.0531. The van der Waals surface area contributed by atoms with Crippen LogP contribution in [0.3, 0.4) is 0 Å². The van der Waals surface area contributed by atoms with E-state index in [0.29, 0.717) is 12.0 Å². The molecule has 3 rings (SSSR count). The second kappa shape index (κ2) is 5.76. The van der Waals surface area contributed by atoms with E-state index in [0.717, 1.165) is 28.1 Å². The number of aryl methyl sites for hydroxylation is 1. The second-order valence-electron chi connectivity index (χ2n) is 5.70. The average molecular weight is 310 g/mol. The fourth-order valence-electron chi connectivity index (χ4n) is 2.95. The molecule has 23 heavy (non-hydrogen) atoms. The molecule has 2 aromatic rings. The van der Waals surface area contributed by atoms with E-state index >= 15 is 0 Å². The number of carbonyl (C=O) groups is 2. The van der Waals surface area contributed by atoms with Crippen molar-refractivity contribution in [3.05, 3.63) is 52.8 Å². The van der Waals surface area contributed by atoms with Gasteiger partial charge in [0.2, 0.25) is 0 Å². The Labute approximate surface area is 134 Å². The van der Waals surface area contributed by atoms with Crippen LogP contribution in [0.4, 0.5) is 5.69 Å². The van der Waals surface area contributed by atoms with Gasteiger partial charge in [-0.3, -0.25) is 9.59 Å². The number of carbonyl (C=O) groups excluding carboxylic acids is 1. The van der Waals surface area contributed by atoms with E-state index < -0.39 is 5.97 Å². The van der Waals surface area contributed by atoms with Crippen LogP contribution in [0.2, 0.25) is 0 Å². The predicted molar refractivity (Wildman–Crippen MR) is 89.2 cm³/mol. The maximum absolute atomic E-state index is 12.5. The number of hydrogen-bond donors (Lipinski definition) is 2. The number of amides is 1. The summed E-state index contributed by atoms with van der Waals surface area (Å²) in [5.41, 5.74) is 5.17. The third-order valence-electron chi connectivity index (χ3n) is 4.21. The number of aliphatic carboxylic acids is 1. The first-order valence-corrected chi connectivity index (χ1v) is 7.47. The van der Waals surface area contributed by atoms with Gasteiger partial charge in [-0.1, -0.05) is 18.2 Å². The first-order chi connectivity index (χ1) is 11.0. The molecule has 2 N–H and O–H groups in total. The molecule has 5 heteroatoms. The van der Waals surface area contributed by atoms with Gasteiger partial charge < -0.3 is 15.0 Å². The lowest BCUT2D eigenvalue weighted by atomic mass is 10.0. The lowest BCUT2D eigenvalue weighted by Crippen LogP contribution is -2.20. The van der Waals surface area contributed by atoms with E-state index in [4.69, 9.17) is 5.11 Å². The number of aromatic amines is 1. The Kier molecular flexibility index (Phi) is 3.78. The number of nitrogens with one attached hydrogen (secondary N) is 1. The molecule has 1 aliphatic rings. The summed E-state index contributed by atoms with van der Waals surface area (Å²) in [4.78, 5) is 28.1. The number of likely N-dealkylation sites (N-methyl/N-ethyl adjacent to an activating group) is 1.